The Morgan fingerprint density at radius 3 is 2.67 bits per heavy atom. The van der Waals surface area contributed by atoms with Gasteiger partial charge in [-0.1, -0.05) is 12.1 Å². The highest BCUT2D eigenvalue weighted by Crippen LogP contribution is 2.34. The van der Waals surface area contributed by atoms with Gasteiger partial charge in [0, 0.05) is 43.2 Å². The second kappa shape index (κ2) is 12.4. The van der Waals surface area contributed by atoms with Crippen LogP contribution in [0.15, 0.2) is 71.9 Å². The Kier molecular flexibility index (Phi) is 8.82. The van der Waals surface area contributed by atoms with Crippen molar-refractivity contribution >= 4 is 23.5 Å². The molecule has 39 heavy (non-hydrogen) atoms. The van der Waals surface area contributed by atoms with Crippen LogP contribution in [0.25, 0.3) is 6.08 Å². The Labute approximate surface area is 224 Å². The molecular weight excluding hydrogens is 511 g/mol. The topological polar surface area (TPSA) is 88.1 Å². The fourth-order valence-corrected chi connectivity index (χ4v) is 3.61. The van der Waals surface area contributed by atoms with Crippen molar-refractivity contribution in [2.75, 3.05) is 45.7 Å². The van der Waals surface area contributed by atoms with Gasteiger partial charge in [0.15, 0.2) is 0 Å². The zero-order valence-electron chi connectivity index (χ0n) is 21.5. The number of carbonyl (C=O) groups is 1. The smallest absolute Gasteiger partial charge is 0.416 e. The van der Waals surface area contributed by atoms with Crippen LogP contribution in [0.2, 0.25) is 0 Å². The number of alkyl halides is 3. The molecule has 1 aromatic heterocycles. The van der Waals surface area contributed by atoms with Crippen LogP contribution < -0.4 is 20.1 Å². The summed E-state index contributed by atoms with van der Waals surface area (Å²) in [6.45, 7) is 2.19. The summed E-state index contributed by atoms with van der Waals surface area (Å²) in [5, 5.41) is 5.64. The van der Waals surface area contributed by atoms with Crippen LogP contribution in [0, 0.1) is 0 Å². The van der Waals surface area contributed by atoms with Crippen LogP contribution in [0.4, 0.5) is 18.9 Å². The van der Waals surface area contributed by atoms with E-state index < -0.39 is 17.6 Å². The van der Waals surface area contributed by atoms with Gasteiger partial charge in [-0.15, -0.1) is 0 Å². The number of aliphatic imine (C=N–C) groups is 1. The van der Waals surface area contributed by atoms with Crippen molar-refractivity contribution in [3.05, 3.63) is 83.7 Å². The fraction of sp³-hybridized carbons (Fsp3) is 0.250. The molecule has 1 aliphatic rings. The number of hydrogen-bond acceptors (Lipinski definition) is 7. The molecule has 8 nitrogen and oxygen atoms in total. The number of amidine groups is 1. The minimum atomic E-state index is -4.59. The van der Waals surface area contributed by atoms with Crippen molar-refractivity contribution in [1.29, 1.82) is 0 Å². The Morgan fingerprint density at radius 1 is 1.10 bits per heavy atom. The summed E-state index contributed by atoms with van der Waals surface area (Å²) in [6.07, 6.45) is -0.180. The van der Waals surface area contributed by atoms with Gasteiger partial charge in [0.25, 0.3) is 0 Å². The lowest BCUT2D eigenvalue weighted by molar-refractivity contribution is -0.137. The number of pyridine rings is 1. The van der Waals surface area contributed by atoms with Gasteiger partial charge in [0.2, 0.25) is 5.91 Å². The van der Waals surface area contributed by atoms with E-state index >= 15 is 0 Å². The largest absolute Gasteiger partial charge is 0.492 e. The highest BCUT2D eigenvalue weighted by atomic mass is 19.4. The van der Waals surface area contributed by atoms with Crippen molar-refractivity contribution in [3.63, 3.8) is 0 Å². The first-order valence-electron chi connectivity index (χ1n) is 12.2. The number of benzene rings is 2. The molecule has 0 saturated heterocycles. The maximum atomic E-state index is 13.4. The Morgan fingerprint density at radius 2 is 1.92 bits per heavy atom. The second-order valence-electron chi connectivity index (χ2n) is 8.93. The molecule has 1 aliphatic heterocycles. The normalized spacial score (nSPS) is 13.3. The van der Waals surface area contributed by atoms with Crippen molar-refractivity contribution in [2.45, 2.75) is 6.18 Å². The van der Waals surface area contributed by atoms with Gasteiger partial charge in [-0.3, -0.25) is 14.8 Å². The first kappa shape index (κ1) is 27.6. The van der Waals surface area contributed by atoms with Gasteiger partial charge in [-0.2, -0.15) is 13.2 Å². The van der Waals surface area contributed by atoms with Gasteiger partial charge in [-0.25, -0.2) is 0 Å². The number of aromatic nitrogens is 1. The first-order chi connectivity index (χ1) is 18.7. The summed E-state index contributed by atoms with van der Waals surface area (Å²) < 4.78 is 51.6. The van der Waals surface area contributed by atoms with Crippen LogP contribution in [0.5, 0.6) is 17.2 Å². The van der Waals surface area contributed by atoms with Gasteiger partial charge in [-0.05, 0) is 56.1 Å². The van der Waals surface area contributed by atoms with Gasteiger partial charge < -0.3 is 25.0 Å². The number of amides is 1. The number of ether oxygens (including phenoxy) is 2. The van der Waals surface area contributed by atoms with Crippen LogP contribution in [0.1, 0.15) is 16.8 Å². The monoisotopic (exact) mass is 539 g/mol. The number of carbonyl (C=O) groups excluding carboxylic acids is 1. The van der Waals surface area contributed by atoms with Gasteiger partial charge in [0.1, 0.15) is 35.4 Å². The minimum Gasteiger partial charge on any atom is -0.492 e. The third kappa shape index (κ3) is 8.30. The van der Waals surface area contributed by atoms with Crippen molar-refractivity contribution < 1.29 is 27.4 Å². The predicted octanol–water partition coefficient (Wildman–Crippen LogP) is 4.83. The number of anilines is 1. The SMILES string of the molecule is CN(C)CCOc1cc(NC(=O)/C=C/c2cccc(Oc3ccnc(C4=NCCN4)c3)c2)cc(C(F)(F)F)c1. The maximum Gasteiger partial charge on any atom is 0.416 e. The molecular formula is C28H28F3N5O3. The standard InChI is InChI=1S/C28H28F3N5O3/c1-36(2)12-13-38-24-16-20(28(29,30)31)15-21(17-24)35-26(37)7-6-19-4-3-5-22(14-19)39-23-8-9-32-25(18-23)27-33-10-11-34-27/h3-9,14-18H,10-13H2,1-2H3,(H,33,34)(H,35,37)/b7-6+. The number of rotatable bonds is 10. The summed E-state index contributed by atoms with van der Waals surface area (Å²) >= 11 is 0. The lowest BCUT2D eigenvalue weighted by Crippen LogP contribution is -2.20. The van der Waals surface area contributed by atoms with E-state index in [0.29, 0.717) is 35.8 Å². The number of nitrogens with zero attached hydrogens (tertiary/aromatic N) is 3. The lowest BCUT2D eigenvalue weighted by Gasteiger charge is -2.15. The molecule has 3 aromatic rings. The molecule has 4 rings (SSSR count). The lowest BCUT2D eigenvalue weighted by atomic mass is 10.1. The average Bonchev–Trinajstić information content (AvgIpc) is 3.42. The molecule has 2 aromatic carbocycles. The van der Waals surface area contributed by atoms with E-state index in [1.807, 2.05) is 19.0 Å². The molecule has 0 aliphatic carbocycles. The molecule has 1 amide bonds. The van der Waals surface area contributed by atoms with E-state index in [9.17, 15) is 18.0 Å². The first-order valence-corrected chi connectivity index (χ1v) is 12.2. The molecule has 0 atom stereocenters. The predicted molar refractivity (Wildman–Crippen MR) is 143 cm³/mol. The molecule has 0 unspecified atom stereocenters. The molecule has 0 radical (unpaired) electrons. The van der Waals surface area contributed by atoms with Crippen LogP contribution in [0.3, 0.4) is 0 Å². The summed E-state index contributed by atoms with van der Waals surface area (Å²) in [5.41, 5.74) is 0.407. The number of hydrogen-bond donors (Lipinski definition) is 2. The Balaban J connectivity index is 1.42. The van der Waals surface area contributed by atoms with Crippen LogP contribution >= 0.6 is 0 Å². The molecule has 0 bridgehead atoms. The fourth-order valence-electron chi connectivity index (χ4n) is 3.61. The molecule has 0 fully saturated rings. The Bertz CT molecular complexity index is 1370. The number of halogens is 3. The van der Waals surface area contributed by atoms with Gasteiger partial charge >= 0.3 is 6.18 Å². The molecule has 204 valence electrons. The highest BCUT2D eigenvalue weighted by Gasteiger charge is 2.31. The molecule has 2 N–H and O–H groups in total. The van der Waals surface area contributed by atoms with E-state index in [4.69, 9.17) is 9.47 Å². The number of nitrogens with one attached hydrogen (secondary N) is 2. The summed E-state index contributed by atoms with van der Waals surface area (Å²) in [6, 6.07) is 13.7. The van der Waals surface area contributed by atoms with E-state index in [0.717, 1.165) is 24.5 Å². The zero-order chi connectivity index (χ0) is 27.8. The van der Waals surface area contributed by atoms with Crippen molar-refractivity contribution in [2.24, 2.45) is 4.99 Å². The summed E-state index contributed by atoms with van der Waals surface area (Å²) in [7, 11) is 3.66. The van der Waals surface area contributed by atoms with E-state index in [-0.39, 0.29) is 18.0 Å². The molecule has 0 spiro atoms. The quantitative estimate of drug-likeness (QED) is 0.359. The van der Waals surface area contributed by atoms with Crippen LogP contribution in [-0.4, -0.2) is 62.0 Å². The van der Waals surface area contributed by atoms with Gasteiger partial charge in [0.05, 0.1) is 12.1 Å². The molecule has 11 heteroatoms. The zero-order valence-corrected chi connectivity index (χ0v) is 21.5. The maximum absolute atomic E-state index is 13.4. The number of likely N-dealkylation sites (N-methyl/N-ethyl adjacent to an activating group) is 1. The van der Waals surface area contributed by atoms with E-state index in [2.05, 4.69) is 20.6 Å². The molecule has 0 saturated carbocycles. The third-order valence-electron chi connectivity index (χ3n) is 5.48. The summed E-state index contributed by atoms with van der Waals surface area (Å²) in [4.78, 5) is 23.0. The molecule has 2 heterocycles. The second-order valence-corrected chi connectivity index (χ2v) is 8.93. The summed E-state index contributed by atoms with van der Waals surface area (Å²) in [5.74, 6) is 1.25. The minimum absolute atomic E-state index is 0.0193. The van der Waals surface area contributed by atoms with Crippen molar-refractivity contribution in [3.8, 4) is 17.2 Å². The Hall–Kier alpha value is -4.38. The third-order valence-corrected chi connectivity index (χ3v) is 5.48. The van der Waals surface area contributed by atoms with E-state index in [1.54, 1.807) is 48.7 Å². The van der Waals surface area contributed by atoms with Crippen LogP contribution in [-0.2, 0) is 11.0 Å². The highest BCUT2D eigenvalue weighted by molar-refractivity contribution is 6.02. The van der Waals surface area contributed by atoms with Crippen molar-refractivity contribution in [1.82, 2.24) is 15.2 Å². The van der Waals surface area contributed by atoms with E-state index in [1.165, 1.54) is 12.1 Å². The average molecular weight is 540 g/mol.